The number of likely N-dealkylation sites (tertiary alicyclic amines) is 1. The minimum atomic E-state index is -3.73. The quantitative estimate of drug-likeness (QED) is 0.880. The fraction of sp³-hybridized carbons (Fsp3) is 0.312. The van der Waals surface area contributed by atoms with E-state index in [0.717, 1.165) is 21.9 Å². The van der Waals surface area contributed by atoms with Crippen molar-refractivity contribution in [2.24, 2.45) is 5.14 Å². The highest BCUT2D eigenvalue weighted by Gasteiger charge is 2.34. The molecule has 2 aromatic rings. The third-order valence-electron chi connectivity index (χ3n) is 4.10. The maximum Gasteiger partial charge on any atom is 0.274 e. The van der Waals surface area contributed by atoms with Gasteiger partial charge in [0, 0.05) is 13.1 Å². The predicted octanol–water partition coefficient (Wildman–Crippen LogP) is 1.07. The van der Waals surface area contributed by atoms with Gasteiger partial charge in [-0.3, -0.25) is 4.79 Å². The zero-order chi connectivity index (χ0) is 16.8. The SMILES string of the molecule is Cc1ccc2c(C(=O)N3CC(NS(N)(=O)=O)C3)c(C)ccc2c1. The molecule has 122 valence electrons. The molecule has 3 rings (SSSR count). The first-order valence-electron chi connectivity index (χ1n) is 7.34. The Morgan fingerprint density at radius 1 is 1.22 bits per heavy atom. The number of nitrogens with one attached hydrogen (secondary N) is 1. The lowest BCUT2D eigenvalue weighted by atomic mass is 9.96. The van der Waals surface area contributed by atoms with E-state index in [4.69, 9.17) is 5.14 Å². The molecule has 3 N–H and O–H groups in total. The summed E-state index contributed by atoms with van der Waals surface area (Å²) in [4.78, 5) is 14.4. The first kappa shape index (κ1) is 15.9. The summed E-state index contributed by atoms with van der Waals surface area (Å²) >= 11 is 0. The van der Waals surface area contributed by atoms with Crippen LogP contribution in [0, 0.1) is 13.8 Å². The molecule has 0 aromatic heterocycles. The Labute approximate surface area is 135 Å². The Balaban J connectivity index is 1.87. The third-order valence-corrected chi connectivity index (χ3v) is 4.76. The number of rotatable bonds is 3. The maximum absolute atomic E-state index is 12.8. The number of carbonyl (C=O) groups excluding carboxylic acids is 1. The molecule has 1 heterocycles. The van der Waals surface area contributed by atoms with Crippen molar-refractivity contribution in [3.05, 3.63) is 47.0 Å². The molecule has 1 saturated heterocycles. The minimum Gasteiger partial charge on any atom is -0.335 e. The van der Waals surface area contributed by atoms with Crippen LogP contribution in [-0.4, -0.2) is 38.4 Å². The van der Waals surface area contributed by atoms with Crippen LogP contribution < -0.4 is 9.86 Å². The van der Waals surface area contributed by atoms with Crippen molar-refractivity contribution in [3.8, 4) is 0 Å². The number of nitrogens with two attached hydrogens (primary N) is 1. The molecular formula is C16H19N3O3S. The van der Waals surface area contributed by atoms with Crippen molar-refractivity contribution < 1.29 is 13.2 Å². The molecule has 0 radical (unpaired) electrons. The fourth-order valence-corrected chi connectivity index (χ4v) is 3.57. The highest BCUT2D eigenvalue weighted by atomic mass is 32.2. The standard InChI is InChI=1S/C16H19N3O3S/c1-10-3-6-14-12(7-10)5-4-11(2)15(14)16(20)19-8-13(9-19)18-23(17,21)22/h3-7,13,18H,8-9H2,1-2H3,(H2,17,21,22). The molecule has 0 aliphatic carbocycles. The van der Waals surface area contributed by atoms with E-state index in [2.05, 4.69) is 4.72 Å². The van der Waals surface area contributed by atoms with Gasteiger partial charge in [0.2, 0.25) is 0 Å². The molecule has 0 atom stereocenters. The molecule has 0 saturated carbocycles. The maximum atomic E-state index is 12.8. The normalized spacial score (nSPS) is 15.7. The number of carbonyl (C=O) groups is 1. The zero-order valence-electron chi connectivity index (χ0n) is 13.0. The Hall–Kier alpha value is -1.96. The average Bonchev–Trinajstić information content (AvgIpc) is 2.41. The smallest absolute Gasteiger partial charge is 0.274 e. The van der Waals surface area contributed by atoms with E-state index in [0.29, 0.717) is 18.7 Å². The van der Waals surface area contributed by atoms with Gasteiger partial charge in [0.1, 0.15) is 0 Å². The Kier molecular flexibility index (Phi) is 3.87. The van der Waals surface area contributed by atoms with Crippen LogP contribution in [0.3, 0.4) is 0 Å². The molecule has 1 aliphatic heterocycles. The van der Waals surface area contributed by atoms with Gasteiger partial charge in [0.15, 0.2) is 0 Å². The minimum absolute atomic E-state index is 0.0792. The molecule has 1 aliphatic rings. The van der Waals surface area contributed by atoms with Crippen molar-refractivity contribution >= 4 is 26.9 Å². The molecule has 2 aromatic carbocycles. The van der Waals surface area contributed by atoms with E-state index < -0.39 is 10.2 Å². The molecule has 0 spiro atoms. The summed E-state index contributed by atoms with van der Waals surface area (Å²) in [6.45, 7) is 4.58. The number of aryl methyl sites for hydroxylation is 2. The van der Waals surface area contributed by atoms with Crippen molar-refractivity contribution in [2.75, 3.05) is 13.1 Å². The fourth-order valence-electron chi connectivity index (χ4n) is 2.95. The summed E-state index contributed by atoms with van der Waals surface area (Å²) in [5.41, 5.74) is 2.73. The first-order valence-corrected chi connectivity index (χ1v) is 8.88. The van der Waals surface area contributed by atoms with Crippen LogP contribution >= 0.6 is 0 Å². The van der Waals surface area contributed by atoms with E-state index in [1.54, 1.807) is 4.90 Å². The lowest BCUT2D eigenvalue weighted by molar-refractivity contribution is 0.0593. The third kappa shape index (κ3) is 3.21. The lowest BCUT2D eigenvalue weighted by Crippen LogP contribution is -2.61. The number of amides is 1. The first-order chi connectivity index (χ1) is 10.7. The molecule has 23 heavy (non-hydrogen) atoms. The molecule has 1 fully saturated rings. The number of hydrogen-bond donors (Lipinski definition) is 2. The summed E-state index contributed by atoms with van der Waals surface area (Å²) < 4.78 is 24.3. The highest BCUT2D eigenvalue weighted by Crippen LogP contribution is 2.26. The largest absolute Gasteiger partial charge is 0.335 e. The number of fused-ring (bicyclic) bond motifs is 1. The molecular weight excluding hydrogens is 314 g/mol. The predicted molar refractivity (Wildman–Crippen MR) is 89.4 cm³/mol. The van der Waals surface area contributed by atoms with Crippen LogP contribution in [0.5, 0.6) is 0 Å². The van der Waals surface area contributed by atoms with E-state index in [9.17, 15) is 13.2 Å². The zero-order valence-corrected chi connectivity index (χ0v) is 13.9. The second kappa shape index (κ2) is 5.59. The molecule has 7 heteroatoms. The van der Waals surface area contributed by atoms with Crippen molar-refractivity contribution in [1.29, 1.82) is 0 Å². The van der Waals surface area contributed by atoms with Gasteiger partial charge in [-0.1, -0.05) is 35.9 Å². The molecule has 6 nitrogen and oxygen atoms in total. The Bertz CT molecular complexity index is 887. The van der Waals surface area contributed by atoms with Crippen LogP contribution in [0.4, 0.5) is 0 Å². The summed E-state index contributed by atoms with van der Waals surface area (Å²) in [7, 11) is -3.73. The number of hydrogen-bond acceptors (Lipinski definition) is 3. The second-order valence-electron chi connectivity index (χ2n) is 6.05. The van der Waals surface area contributed by atoms with E-state index in [1.165, 1.54) is 0 Å². The van der Waals surface area contributed by atoms with E-state index >= 15 is 0 Å². The van der Waals surface area contributed by atoms with Gasteiger partial charge in [0.25, 0.3) is 16.1 Å². The summed E-state index contributed by atoms with van der Waals surface area (Å²) in [6, 6.07) is 9.63. The molecule has 0 unspecified atom stereocenters. The Morgan fingerprint density at radius 2 is 1.91 bits per heavy atom. The second-order valence-corrected chi connectivity index (χ2v) is 7.38. The van der Waals surface area contributed by atoms with Gasteiger partial charge in [-0.2, -0.15) is 13.1 Å². The van der Waals surface area contributed by atoms with Crippen LogP contribution in [0.2, 0.25) is 0 Å². The van der Waals surface area contributed by atoms with Crippen LogP contribution in [0.1, 0.15) is 21.5 Å². The van der Waals surface area contributed by atoms with Crippen molar-refractivity contribution in [1.82, 2.24) is 9.62 Å². The van der Waals surface area contributed by atoms with Crippen LogP contribution in [0.15, 0.2) is 30.3 Å². The van der Waals surface area contributed by atoms with Gasteiger partial charge >= 0.3 is 0 Å². The Morgan fingerprint density at radius 3 is 2.57 bits per heavy atom. The van der Waals surface area contributed by atoms with Gasteiger partial charge in [-0.25, -0.2) is 5.14 Å². The molecule has 1 amide bonds. The van der Waals surface area contributed by atoms with E-state index in [-0.39, 0.29) is 11.9 Å². The monoisotopic (exact) mass is 333 g/mol. The van der Waals surface area contributed by atoms with Crippen molar-refractivity contribution in [2.45, 2.75) is 19.9 Å². The van der Waals surface area contributed by atoms with Crippen LogP contribution in [-0.2, 0) is 10.2 Å². The topological polar surface area (TPSA) is 92.5 Å². The van der Waals surface area contributed by atoms with Crippen molar-refractivity contribution in [3.63, 3.8) is 0 Å². The molecule has 0 bridgehead atoms. The van der Waals surface area contributed by atoms with Gasteiger partial charge in [-0.05, 0) is 30.2 Å². The van der Waals surface area contributed by atoms with E-state index in [1.807, 2.05) is 44.2 Å². The van der Waals surface area contributed by atoms with Gasteiger partial charge in [-0.15, -0.1) is 0 Å². The number of nitrogens with zero attached hydrogens (tertiary/aromatic N) is 1. The summed E-state index contributed by atoms with van der Waals surface area (Å²) in [5, 5.41) is 6.90. The average molecular weight is 333 g/mol. The van der Waals surface area contributed by atoms with Crippen LogP contribution in [0.25, 0.3) is 10.8 Å². The number of benzene rings is 2. The summed E-state index contributed by atoms with van der Waals surface area (Å²) in [5.74, 6) is -0.0792. The highest BCUT2D eigenvalue weighted by molar-refractivity contribution is 7.87. The summed E-state index contributed by atoms with van der Waals surface area (Å²) in [6.07, 6.45) is 0. The van der Waals surface area contributed by atoms with Gasteiger partial charge in [0.05, 0.1) is 11.6 Å². The lowest BCUT2D eigenvalue weighted by Gasteiger charge is -2.39. The van der Waals surface area contributed by atoms with Gasteiger partial charge < -0.3 is 4.90 Å².